The average Bonchev–Trinajstić information content (AvgIpc) is 2.46. The van der Waals surface area contributed by atoms with Crippen molar-refractivity contribution in [2.75, 3.05) is 24.1 Å². The van der Waals surface area contributed by atoms with Crippen LogP contribution in [0.15, 0.2) is 17.1 Å². The van der Waals surface area contributed by atoms with Crippen LogP contribution >= 0.6 is 0 Å². The lowest BCUT2D eigenvalue weighted by atomic mass is 10.1. The molecule has 0 aliphatic carbocycles. The second kappa shape index (κ2) is 5.15. The van der Waals surface area contributed by atoms with Crippen molar-refractivity contribution in [3.63, 3.8) is 0 Å². The van der Waals surface area contributed by atoms with Gasteiger partial charge in [-0.05, 0) is 19.9 Å². The monoisotopic (exact) mass is 321 g/mol. The van der Waals surface area contributed by atoms with E-state index >= 15 is 0 Å². The highest BCUT2D eigenvalue weighted by Crippen LogP contribution is 2.37. The summed E-state index contributed by atoms with van der Waals surface area (Å²) in [6, 6.07) is 1.01. The van der Waals surface area contributed by atoms with E-state index in [4.69, 9.17) is 4.74 Å². The molecule has 0 bridgehead atoms. The van der Waals surface area contributed by atoms with Crippen LogP contribution in [0, 0.1) is 5.82 Å². The number of carboxylic acid groups (broad SMARTS) is 1. The third kappa shape index (κ3) is 2.26. The Morgan fingerprint density at radius 3 is 2.78 bits per heavy atom. The predicted octanol–water partition coefficient (Wildman–Crippen LogP) is 1.58. The fourth-order valence-electron chi connectivity index (χ4n) is 2.61. The molecule has 2 heterocycles. The SMILES string of the molecule is CC(C)Nc1c(F)cc2c(=O)c(C(=O)O)cn3c2c1OCN3C. The summed E-state index contributed by atoms with van der Waals surface area (Å²) in [5.74, 6) is -1.80. The van der Waals surface area contributed by atoms with E-state index in [0.717, 1.165) is 6.07 Å². The van der Waals surface area contributed by atoms with Crippen LogP contribution in [0.1, 0.15) is 24.2 Å². The highest BCUT2D eigenvalue weighted by molar-refractivity contribution is 5.97. The molecule has 2 aromatic rings. The summed E-state index contributed by atoms with van der Waals surface area (Å²) in [4.78, 5) is 23.6. The van der Waals surface area contributed by atoms with E-state index in [1.807, 2.05) is 13.8 Å². The molecule has 1 aliphatic heterocycles. The van der Waals surface area contributed by atoms with Crippen LogP contribution in [-0.2, 0) is 0 Å². The lowest BCUT2D eigenvalue weighted by molar-refractivity contribution is 0.0694. The number of carboxylic acids is 1. The number of hydrogen-bond acceptors (Lipinski definition) is 5. The molecule has 8 heteroatoms. The number of rotatable bonds is 3. The Morgan fingerprint density at radius 1 is 1.48 bits per heavy atom. The summed E-state index contributed by atoms with van der Waals surface area (Å²) in [6.07, 6.45) is 1.23. The van der Waals surface area contributed by atoms with Gasteiger partial charge in [-0.25, -0.2) is 9.18 Å². The Morgan fingerprint density at radius 2 is 2.17 bits per heavy atom. The summed E-state index contributed by atoms with van der Waals surface area (Å²) in [5, 5.41) is 13.7. The number of nitrogens with zero attached hydrogens (tertiary/aromatic N) is 2. The Balaban J connectivity index is 2.45. The minimum Gasteiger partial charge on any atom is -0.477 e. The second-order valence-corrected chi connectivity index (χ2v) is 5.71. The standard InChI is InChI=1S/C15H16FN3O4/c1-7(2)17-11-10(16)4-8-12-14(11)23-6-18(3)19(12)5-9(13(8)20)15(21)22/h4-5,7,17H,6H2,1-3H3,(H,21,22). The molecule has 0 saturated carbocycles. The van der Waals surface area contributed by atoms with E-state index in [0.29, 0.717) is 5.52 Å². The fraction of sp³-hybridized carbons (Fsp3) is 0.333. The van der Waals surface area contributed by atoms with E-state index in [-0.39, 0.29) is 29.6 Å². The molecular weight excluding hydrogens is 305 g/mol. The Bertz CT molecular complexity index is 875. The molecule has 0 fully saturated rings. The highest BCUT2D eigenvalue weighted by atomic mass is 19.1. The van der Waals surface area contributed by atoms with Crippen LogP contribution in [0.3, 0.4) is 0 Å². The summed E-state index contributed by atoms with van der Waals surface area (Å²) >= 11 is 0. The minimum absolute atomic E-state index is 0.0294. The van der Waals surface area contributed by atoms with Crippen molar-refractivity contribution >= 4 is 22.6 Å². The Hall–Kier alpha value is -2.77. The van der Waals surface area contributed by atoms with E-state index in [2.05, 4.69) is 5.32 Å². The molecule has 0 spiro atoms. The van der Waals surface area contributed by atoms with E-state index in [1.165, 1.54) is 10.9 Å². The first kappa shape index (κ1) is 15.1. The fourth-order valence-corrected chi connectivity index (χ4v) is 2.61. The van der Waals surface area contributed by atoms with Crippen molar-refractivity contribution in [1.82, 2.24) is 4.68 Å². The maximum atomic E-state index is 14.4. The first-order valence-corrected chi connectivity index (χ1v) is 7.07. The van der Waals surface area contributed by atoms with Gasteiger partial charge in [-0.15, -0.1) is 0 Å². The lowest BCUT2D eigenvalue weighted by Crippen LogP contribution is -2.39. The van der Waals surface area contributed by atoms with Crippen LogP contribution < -0.4 is 20.5 Å². The van der Waals surface area contributed by atoms with Crippen molar-refractivity contribution in [2.45, 2.75) is 19.9 Å². The van der Waals surface area contributed by atoms with Gasteiger partial charge in [0.25, 0.3) is 0 Å². The molecule has 2 N–H and O–H groups in total. The van der Waals surface area contributed by atoms with Gasteiger partial charge in [0.1, 0.15) is 16.8 Å². The lowest BCUT2D eigenvalue weighted by Gasteiger charge is -2.32. The third-order valence-corrected chi connectivity index (χ3v) is 3.60. The summed E-state index contributed by atoms with van der Waals surface area (Å²) < 4.78 is 21.5. The van der Waals surface area contributed by atoms with Crippen molar-refractivity contribution in [1.29, 1.82) is 0 Å². The number of nitrogens with one attached hydrogen (secondary N) is 1. The number of halogens is 1. The third-order valence-electron chi connectivity index (χ3n) is 3.60. The molecule has 0 saturated heterocycles. The van der Waals surface area contributed by atoms with Gasteiger partial charge in [-0.1, -0.05) is 0 Å². The van der Waals surface area contributed by atoms with E-state index < -0.39 is 22.8 Å². The van der Waals surface area contributed by atoms with Crippen LogP contribution in [0.25, 0.3) is 10.9 Å². The van der Waals surface area contributed by atoms with Crippen LogP contribution in [0.5, 0.6) is 5.75 Å². The van der Waals surface area contributed by atoms with Gasteiger partial charge in [0.15, 0.2) is 18.3 Å². The largest absolute Gasteiger partial charge is 0.477 e. The van der Waals surface area contributed by atoms with Crippen molar-refractivity contribution < 1.29 is 19.0 Å². The number of hydrogen-bond donors (Lipinski definition) is 2. The number of carbonyl (C=O) groups is 1. The number of aromatic nitrogens is 1. The zero-order valence-electron chi connectivity index (χ0n) is 12.9. The Kier molecular flexibility index (Phi) is 3.39. The molecule has 7 nitrogen and oxygen atoms in total. The first-order chi connectivity index (χ1) is 10.8. The van der Waals surface area contributed by atoms with Gasteiger partial charge in [-0.2, -0.15) is 0 Å². The van der Waals surface area contributed by atoms with Crippen molar-refractivity contribution in [2.24, 2.45) is 0 Å². The normalized spacial score (nSPS) is 13.3. The average molecular weight is 321 g/mol. The molecule has 0 radical (unpaired) electrons. The van der Waals surface area contributed by atoms with Crippen LogP contribution in [-0.4, -0.2) is 35.6 Å². The second-order valence-electron chi connectivity index (χ2n) is 5.71. The minimum atomic E-state index is -1.35. The molecular formula is C15H16FN3O4. The summed E-state index contributed by atoms with van der Waals surface area (Å²) in [5.41, 5.74) is -0.643. The van der Waals surface area contributed by atoms with E-state index in [9.17, 15) is 19.1 Å². The molecule has 0 unspecified atom stereocenters. The first-order valence-electron chi connectivity index (χ1n) is 7.07. The molecule has 0 atom stereocenters. The summed E-state index contributed by atoms with van der Waals surface area (Å²) in [7, 11) is 1.68. The number of ether oxygens (including phenoxy) is 1. The quantitative estimate of drug-likeness (QED) is 0.893. The number of anilines is 1. The molecule has 23 heavy (non-hydrogen) atoms. The summed E-state index contributed by atoms with van der Waals surface area (Å²) in [6.45, 7) is 3.80. The predicted molar refractivity (Wildman–Crippen MR) is 83.5 cm³/mol. The Labute approximate surface area is 130 Å². The smallest absolute Gasteiger partial charge is 0.341 e. The van der Waals surface area contributed by atoms with Gasteiger partial charge < -0.3 is 15.2 Å². The van der Waals surface area contributed by atoms with E-state index in [1.54, 1.807) is 12.1 Å². The molecule has 1 aromatic heterocycles. The van der Waals surface area contributed by atoms with Crippen molar-refractivity contribution in [3.8, 4) is 5.75 Å². The molecule has 1 aromatic carbocycles. The maximum Gasteiger partial charge on any atom is 0.341 e. The van der Waals surface area contributed by atoms with Gasteiger partial charge in [-0.3, -0.25) is 14.5 Å². The number of pyridine rings is 1. The highest BCUT2D eigenvalue weighted by Gasteiger charge is 2.27. The number of aromatic carboxylic acids is 1. The molecule has 0 amide bonds. The molecule has 1 aliphatic rings. The maximum absolute atomic E-state index is 14.4. The van der Waals surface area contributed by atoms with Gasteiger partial charge >= 0.3 is 5.97 Å². The topological polar surface area (TPSA) is 83.8 Å². The van der Waals surface area contributed by atoms with Crippen LogP contribution in [0.4, 0.5) is 10.1 Å². The van der Waals surface area contributed by atoms with Gasteiger partial charge in [0, 0.05) is 19.3 Å². The molecule has 122 valence electrons. The zero-order chi connectivity index (χ0) is 16.9. The number of benzene rings is 1. The zero-order valence-corrected chi connectivity index (χ0v) is 12.9. The van der Waals surface area contributed by atoms with Gasteiger partial charge in [0.2, 0.25) is 5.43 Å². The molecule has 3 rings (SSSR count). The van der Waals surface area contributed by atoms with Gasteiger partial charge in [0.05, 0.1) is 5.39 Å². The van der Waals surface area contributed by atoms with Crippen molar-refractivity contribution in [3.05, 3.63) is 33.9 Å². The van der Waals surface area contributed by atoms with Crippen LogP contribution in [0.2, 0.25) is 0 Å².